The molecular formula is C19H20F3N5S. The zero-order chi connectivity index (χ0) is 19.6. The monoisotopic (exact) mass is 407 g/mol. The van der Waals surface area contributed by atoms with Crippen LogP contribution in [0.15, 0.2) is 52.5 Å². The molecule has 9 heteroatoms. The van der Waals surface area contributed by atoms with Crippen LogP contribution in [0.25, 0.3) is 0 Å². The van der Waals surface area contributed by atoms with Crippen molar-refractivity contribution in [1.29, 1.82) is 0 Å². The molecule has 1 aromatic heterocycles. The molecule has 0 aliphatic carbocycles. The van der Waals surface area contributed by atoms with E-state index in [2.05, 4.69) is 31.2 Å². The van der Waals surface area contributed by atoms with Crippen molar-refractivity contribution in [2.24, 2.45) is 4.99 Å². The lowest BCUT2D eigenvalue weighted by atomic mass is 10.2. The lowest BCUT2D eigenvalue weighted by Crippen LogP contribution is -2.25. The maximum Gasteiger partial charge on any atom is 0.446 e. The summed E-state index contributed by atoms with van der Waals surface area (Å²) in [6.07, 6.45) is 1.80. The first-order chi connectivity index (χ1) is 13.5. The summed E-state index contributed by atoms with van der Waals surface area (Å²) < 4.78 is 37.4. The van der Waals surface area contributed by atoms with Gasteiger partial charge in [0.25, 0.3) is 0 Å². The van der Waals surface area contributed by atoms with E-state index in [9.17, 15) is 13.2 Å². The summed E-state index contributed by atoms with van der Waals surface area (Å²) >= 11 is -0.0836. The molecular weight excluding hydrogens is 387 g/mol. The van der Waals surface area contributed by atoms with Gasteiger partial charge in [-0.25, -0.2) is 0 Å². The Balaban J connectivity index is 1.36. The van der Waals surface area contributed by atoms with Crippen molar-refractivity contribution in [3.05, 3.63) is 53.9 Å². The quantitative estimate of drug-likeness (QED) is 0.771. The molecule has 28 heavy (non-hydrogen) atoms. The zero-order valence-electron chi connectivity index (χ0n) is 15.1. The molecule has 1 saturated heterocycles. The third-order valence-corrected chi connectivity index (χ3v) is 5.38. The van der Waals surface area contributed by atoms with Crippen LogP contribution in [0.2, 0.25) is 0 Å². The second kappa shape index (κ2) is 8.00. The molecule has 0 saturated carbocycles. The van der Waals surface area contributed by atoms with E-state index in [1.165, 1.54) is 17.7 Å². The second-order valence-electron chi connectivity index (χ2n) is 6.71. The van der Waals surface area contributed by atoms with Gasteiger partial charge in [0.15, 0.2) is 0 Å². The van der Waals surface area contributed by atoms with Crippen molar-refractivity contribution in [3.8, 4) is 0 Å². The van der Waals surface area contributed by atoms with Gasteiger partial charge in [-0.1, -0.05) is 0 Å². The van der Waals surface area contributed by atoms with E-state index in [0.29, 0.717) is 0 Å². The molecule has 0 spiro atoms. The maximum absolute atomic E-state index is 12.5. The Labute approximate surface area is 165 Å². The van der Waals surface area contributed by atoms with Crippen LogP contribution in [0, 0.1) is 0 Å². The number of halogens is 3. The van der Waals surface area contributed by atoms with Gasteiger partial charge in [0, 0.05) is 43.0 Å². The van der Waals surface area contributed by atoms with Crippen molar-refractivity contribution in [1.82, 2.24) is 15.2 Å². The Hall–Kier alpha value is -2.26. The van der Waals surface area contributed by atoms with Gasteiger partial charge in [-0.15, -0.1) is 0 Å². The molecule has 2 aliphatic rings. The summed E-state index contributed by atoms with van der Waals surface area (Å²) in [6, 6.07) is 10.6. The number of thioether (sulfide) groups is 1. The van der Waals surface area contributed by atoms with Crippen molar-refractivity contribution < 1.29 is 13.2 Å². The molecule has 4 rings (SSSR count). The van der Waals surface area contributed by atoms with Gasteiger partial charge >= 0.3 is 5.51 Å². The predicted octanol–water partition coefficient (Wildman–Crippen LogP) is 3.32. The SMILES string of the molecule is FC(F)(F)Sc1ccc(N2CCN(Cc3ccnc(C4=NCCN4)c3)C2)cc1. The van der Waals surface area contributed by atoms with Crippen LogP contribution in [0.4, 0.5) is 18.9 Å². The molecule has 0 radical (unpaired) electrons. The van der Waals surface area contributed by atoms with E-state index in [1.54, 1.807) is 18.3 Å². The Bertz CT molecular complexity index is 853. The van der Waals surface area contributed by atoms with Gasteiger partial charge in [0.05, 0.1) is 13.2 Å². The van der Waals surface area contributed by atoms with Crippen LogP contribution in [0.3, 0.4) is 0 Å². The minimum Gasteiger partial charge on any atom is -0.367 e. The van der Waals surface area contributed by atoms with Gasteiger partial charge in [-0.05, 0) is 53.7 Å². The number of hydrogen-bond donors (Lipinski definition) is 1. The summed E-state index contributed by atoms with van der Waals surface area (Å²) in [5.74, 6) is 0.849. The highest BCUT2D eigenvalue weighted by Crippen LogP contribution is 2.37. The van der Waals surface area contributed by atoms with Gasteiger partial charge < -0.3 is 10.2 Å². The minimum absolute atomic E-state index is 0.0836. The molecule has 1 N–H and O–H groups in total. The third-order valence-electron chi connectivity index (χ3n) is 4.64. The topological polar surface area (TPSA) is 43.8 Å². The van der Waals surface area contributed by atoms with Crippen LogP contribution >= 0.6 is 11.8 Å². The first-order valence-corrected chi connectivity index (χ1v) is 9.85. The van der Waals surface area contributed by atoms with E-state index in [4.69, 9.17) is 0 Å². The Morgan fingerprint density at radius 1 is 1.11 bits per heavy atom. The number of aromatic nitrogens is 1. The van der Waals surface area contributed by atoms with Crippen molar-refractivity contribution in [2.75, 3.05) is 37.7 Å². The number of benzene rings is 1. The number of aliphatic imine (C=N–C) groups is 1. The molecule has 1 aromatic carbocycles. The van der Waals surface area contributed by atoms with Crippen LogP contribution in [-0.4, -0.2) is 54.1 Å². The number of amidine groups is 1. The Kier molecular flexibility index (Phi) is 5.45. The molecule has 0 unspecified atom stereocenters. The highest BCUT2D eigenvalue weighted by molar-refractivity contribution is 8.00. The molecule has 1 fully saturated rings. The smallest absolute Gasteiger partial charge is 0.367 e. The number of pyridine rings is 1. The van der Waals surface area contributed by atoms with Crippen molar-refractivity contribution in [2.45, 2.75) is 16.9 Å². The number of nitrogens with zero attached hydrogens (tertiary/aromatic N) is 4. The van der Waals surface area contributed by atoms with Crippen LogP contribution in [0.1, 0.15) is 11.3 Å². The first kappa shape index (κ1) is 19.1. The first-order valence-electron chi connectivity index (χ1n) is 9.03. The number of nitrogens with one attached hydrogen (secondary N) is 1. The molecule has 2 aliphatic heterocycles. The summed E-state index contributed by atoms with van der Waals surface area (Å²) in [7, 11) is 0. The fourth-order valence-electron chi connectivity index (χ4n) is 3.37. The molecule has 0 atom stereocenters. The fraction of sp³-hybridized carbons (Fsp3) is 0.368. The predicted molar refractivity (Wildman–Crippen MR) is 105 cm³/mol. The fourth-order valence-corrected chi connectivity index (χ4v) is 3.91. The highest BCUT2D eigenvalue weighted by Gasteiger charge is 2.29. The lowest BCUT2D eigenvalue weighted by Gasteiger charge is -2.20. The van der Waals surface area contributed by atoms with E-state index in [0.717, 1.165) is 56.6 Å². The molecule has 0 bridgehead atoms. The Morgan fingerprint density at radius 2 is 1.93 bits per heavy atom. The number of hydrogen-bond acceptors (Lipinski definition) is 6. The van der Waals surface area contributed by atoms with Crippen LogP contribution in [0.5, 0.6) is 0 Å². The highest BCUT2D eigenvalue weighted by atomic mass is 32.2. The van der Waals surface area contributed by atoms with Gasteiger partial charge in [-0.2, -0.15) is 13.2 Å². The summed E-state index contributed by atoms with van der Waals surface area (Å²) in [4.78, 5) is 13.5. The van der Waals surface area contributed by atoms with Gasteiger partial charge in [-0.3, -0.25) is 14.9 Å². The molecule has 0 amide bonds. The average molecular weight is 407 g/mol. The molecule has 2 aromatic rings. The maximum atomic E-state index is 12.5. The number of anilines is 1. The Morgan fingerprint density at radius 3 is 2.64 bits per heavy atom. The minimum atomic E-state index is -4.26. The normalized spacial score (nSPS) is 17.7. The molecule has 3 heterocycles. The van der Waals surface area contributed by atoms with E-state index in [-0.39, 0.29) is 16.7 Å². The molecule has 148 valence electrons. The summed E-state index contributed by atoms with van der Waals surface area (Å²) in [5.41, 5.74) is -1.28. The lowest BCUT2D eigenvalue weighted by molar-refractivity contribution is -0.0328. The van der Waals surface area contributed by atoms with E-state index < -0.39 is 5.51 Å². The summed E-state index contributed by atoms with van der Waals surface area (Å²) in [5, 5.41) is 3.23. The van der Waals surface area contributed by atoms with Gasteiger partial charge in [0.2, 0.25) is 0 Å². The van der Waals surface area contributed by atoms with Crippen molar-refractivity contribution in [3.63, 3.8) is 0 Å². The molecule has 5 nitrogen and oxygen atoms in total. The summed E-state index contributed by atoms with van der Waals surface area (Å²) in [6.45, 7) is 4.91. The average Bonchev–Trinajstić information content (AvgIpc) is 3.33. The van der Waals surface area contributed by atoms with E-state index in [1.807, 2.05) is 6.07 Å². The number of alkyl halides is 3. The second-order valence-corrected chi connectivity index (χ2v) is 7.84. The third kappa shape index (κ3) is 4.77. The standard InChI is InChI=1S/C19H20F3N5S/c20-19(21,22)28-16-3-1-15(2-4-16)27-10-9-26(13-27)12-14-5-6-23-17(11-14)18-24-7-8-25-18/h1-6,11H,7-10,12-13H2,(H,24,25). The van der Waals surface area contributed by atoms with Gasteiger partial charge in [0.1, 0.15) is 11.5 Å². The van der Waals surface area contributed by atoms with Crippen molar-refractivity contribution >= 4 is 23.3 Å². The largest absolute Gasteiger partial charge is 0.446 e. The van der Waals surface area contributed by atoms with Crippen LogP contribution in [-0.2, 0) is 6.54 Å². The van der Waals surface area contributed by atoms with Crippen LogP contribution < -0.4 is 10.2 Å². The van der Waals surface area contributed by atoms with E-state index >= 15 is 0 Å². The zero-order valence-corrected chi connectivity index (χ0v) is 15.9. The number of rotatable bonds is 5.